The van der Waals surface area contributed by atoms with E-state index in [0.29, 0.717) is 41.3 Å². The molecule has 2 fully saturated rings. The number of rotatable bonds is 7. The summed E-state index contributed by atoms with van der Waals surface area (Å²) < 4.78 is 16.1. The molecule has 0 spiro atoms. The Morgan fingerprint density at radius 3 is 2.56 bits per heavy atom. The maximum Gasteiger partial charge on any atom is 0.253 e. The highest BCUT2D eigenvalue weighted by molar-refractivity contribution is 5.96. The molecular weight excluding hydrogens is 496 g/mol. The van der Waals surface area contributed by atoms with Gasteiger partial charge in [0.2, 0.25) is 6.79 Å². The second kappa shape index (κ2) is 10.5. The number of anilines is 1. The molecule has 3 atom stereocenters. The number of fused-ring (bicyclic) bond motifs is 3. The Kier molecular flexibility index (Phi) is 6.72. The normalized spacial score (nSPS) is 21.0. The van der Waals surface area contributed by atoms with Crippen LogP contribution in [0.1, 0.15) is 57.5 Å². The molecule has 202 valence electrons. The predicted octanol–water partition coefficient (Wildman–Crippen LogP) is 3.99. The van der Waals surface area contributed by atoms with Crippen molar-refractivity contribution in [1.29, 1.82) is 0 Å². The van der Waals surface area contributed by atoms with E-state index in [1.165, 1.54) is 0 Å². The number of benzene rings is 2. The van der Waals surface area contributed by atoms with Crippen molar-refractivity contribution in [2.24, 2.45) is 0 Å². The van der Waals surface area contributed by atoms with Gasteiger partial charge in [0.25, 0.3) is 11.8 Å². The Bertz CT molecular complexity index is 1380. The molecule has 3 aliphatic rings. The van der Waals surface area contributed by atoms with Crippen molar-refractivity contribution in [3.63, 3.8) is 0 Å². The zero-order chi connectivity index (χ0) is 26.9. The summed E-state index contributed by atoms with van der Waals surface area (Å²) in [6, 6.07) is 15.7. The Labute approximate surface area is 227 Å². The minimum Gasteiger partial charge on any atom is -0.496 e. The van der Waals surface area contributed by atoms with E-state index in [0.717, 1.165) is 48.4 Å². The van der Waals surface area contributed by atoms with Crippen LogP contribution in [0, 0.1) is 6.92 Å². The van der Waals surface area contributed by atoms with E-state index in [4.69, 9.17) is 14.2 Å². The number of methoxy groups -OCH3 is 1. The first-order valence-electron chi connectivity index (χ1n) is 13.4. The van der Waals surface area contributed by atoms with Crippen LogP contribution in [-0.2, 0) is 6.54 Å². The summed E-state index contributed by atoms with van der Waals surface area (Å²) in [6.45, 7) is 2.52. The number of hydrogen-bond donors (Lipinski definition) is 2. The molecule has 39 heavy (non-hydrogen) atoms. The summed E-state index contributed by atoms with van der Waals surface area (Å²) in [4.78, 5) is 32.8. The van der Waals surface area contributed by atoms with Crippen LogP contribution in [0.2, 0.25) is 0 Å². The van der Waals surface area contributed by atoms with Gasteiger partial charge in [-0.25, -0.2) is 4.98 Å². The van der Waals surface area contributed by atoms with E-state index in [1.54, 1.807) is 13.3 Å². The predicted molar refractivity (Wildman–Crippen MR) is 145 cm³/mol. The molecule has 0 aliphatic carbocycles. The van der Waals surface area contributed by atoms with Gasteiger partial charge in [-0.3, -0.25) is 9.59 Å². The summed E-state index contributed by atoms with van der Waals surface area (Å²) in [5.74, 6) is 2.78. The molecule has 9 heteroatoms. The van der Waals surface area contributed by atoms with Crippen molar-refractivity contribution < 1.29 is 23.8 Å². The van der Waals surface area contributed by atoms with Crippen LogP contribution in [0.15, 0.2) is 54.7 Å². The molecular formula is C30H32N4O5. The molecule has 3 aliphatic heterocycles. The lowest BCUT2D eigenvalue weighted by atomic mass is 9.96. The van der Waals surface area contributed by atoms with Gasteiger partial charge in [-0.05, 0) is 74.6 Å². The first-order chi connectivity index (χ1) is 19.0. The summed E-state index contributed by atoms with van der Waals surface area (Å²) in [7, 11) is 1.62. The monoisotopic (exact) mass is 528 g/mol. The highest BCUT2D eigenvalue weighted by Gasteiger charge is 2.42. The van der Waals surface area contributed by atoms with Crippen LogP contribution < -0.4 is 29.7 Å². The highest BCUT2D eigenvalue weighted by atomic mass is 16.7. The van der Waals surface area contributed by atoms with Crippen LogP contribution in [0.5, 0.6) is 17.2 Å². The number of carbonyl (C=O) groups is 2. The molecule has 2 N–H and O–H groups in total. The molecule has 6 rings (SSSR count). The van der Waals surface area contributed by atoms with Crippen molar-refractivity contribution in [2.75, 3.05) is 18.8 Å². The second-order valence-corrected chi connectivity index (χ2v) is 10.3. The first-order valence-corrected chi connectivity index (χ1v) is 13.4. The molecule has 1 aromatic heterocycles. The molecule has 2 bridgehead atoms. The maximum atomic E-state index is 13.0. The molecule has 2 saturated heterocycles. The van der Waals surface area contributed by atoms with Gasteiger partial charge in [0, 0.05) is 42.0 Å². The van der Waals surface area contributed by atoms with E-state index >= 15 is 0 Å². The molecule has 0 saturated carbocycles. The van der Waals surface area contributed by atoms with E-state index < -0.39 is 0 Å². The van der Waals surface area contributed by atoms with E-state index in [2.05, 4.69) is 20.5 Å². The summed E-state index contributed by atoms with van der Waals surface area (Å²) in [5.41, 5.74) is 2.95. The number of ether oxygens (including phenoxy) is 3. The molecule has 2 aromatic carbocycles. The molecule has 0 radical (unpaired) electrons. The van der Waals surface area contributed by atoms with Gasteiger partial charge in [-0.1, -0.05) is 12.1 Å². The van der Waals surface area contributed by atoms with E-state index in [-0.39, 0.29) is 24.6 Å². The van der Waals surface area contributed by atoms with Crippen LogP contribution >= 0.6 is 0 Å². The van der Waals surface area contributed by atoms with Crippen molar-refractivity contribution in [2.45, 2.75) is 57.3 Å². The Balaban J connectivity index is 1.06. The van der Waals surface area contributed by atoms with Crippen LogP contribution in [0.25, 0.3) is 0 Å². The number of amides is 2. The van der Waals surface area contributed by atoms with Crippen molar-refractivity contribution in [3.05, 3.63) is 77.0 Å². The summed E-state index contributed by atoms with van der Waals surface area (Å²) in [5, 5.41) is 6.20. The van der Waals surface area contributed by atoms with Gasteiger partial charge < -0.3 is 29.7 Å². The van der Waals surface area contributed by atoms with E-state index in [1.807, 2.05) is 55.5 Å². The van der Waals surface area contributed by atoms with Gasteiger partial charge in [0.1, 0.15) is 11.6 Å². The smallest absolute Gasteiger partial charge is 0.253 e. The van der Waals surface area contributed by atoms with Gasteiger partial charge in [-0.15, -0.1) is 0 Å². The fraction of sp³-hybridized carbons (Fsp3) is 0.367. The van der Waals surface area contributed by atoms with Crippen LogP contribution in [0.4, 0.5) is 5.82 Å². The number of piperidine rings is 1. The van der Waals surface area contributed by atoms with Crippen LogP contribution in [0.3, 0.4) is 0 Å². The lowest BCUT2D eigenvalue weighted by Crippen LogP contribution is -2.50. The number of aromatic nitrogens is 1. The fourth-order valence-corrected chi connectivity index (χ4v) is 6.02. The summed E-state index contributed by atoms with van der Waals surface area (Å²) in [6.07, 6.45) is 5.50. The number of pyridine rings is 1. The Morgan fingerprint density at radius 1 is 1.03 bits per heavy atom. The SMILES string of the molecule is COc1cccc(C(=O)NC2C[C@H]3CC[C@@H](C2)N3c2ccc(C(=O)NCc3ccc4c(c3)OCO4)cn2)c1C. The van der Waals surface area contributed by atoms with Gasteiger partial charge in [0.15, 0.2) is 11.5 Å². The van der Waals surface area contributed by atoms with Gasteiger partial charge in [-0.2, -0.15) is 0 Å². The van der Waals surface area contributed by atoms with E-state index in [9.17, 15) is 9.59 Å². The molecule has 1 unspecified atom stereocenters. The summed E-state index contributed by atoms with van der Waals surface area (Å²) >= 11 is 0. The third-order valence-corrected chi connectivity index (χ3v) is 7.98. The highest BCUT2D eigenvalue weighted by Crippen LogP contribution is 2.39. The third kappa shape index (κ3) is 4.96. The average Bonchev–Trinajstić information content (AvgIpc) is 3.53. The molecule has 3 aromatic rings. The van der Waals surface area contributed by atoms with Gasteiger partial charge >= 0.3 is 0 Å². The Morgan fingerprint density at radius 2 is 1.82 bits per heavy atom. The van der Waals surface area contributed by atoms with Crippen LogP contribution in [-0.4, -0.2) is 48.8 Å². The third-order valence-electron chi connectivity index (χ3n) is 7.98. The average molecular weight is 529 g/mol. The quantitative estimate of drug-likeness (QED) is 0.478. The number of nitrogens with one attached hydrogen (secondary N) is 2. The first kappa shape index (κ1) is 25.0. The molecule has 9 nitrogen and oxygen atoms in total. The Hall–Kier alpha value is -4.27. The van der Waals surface area contributed by atoms with Gasteiger partial charge in [0.05, 0.1) is 12.7 Å². The lowest BCUT2D eigenvalue weighted by molar-refractivity contribution is 0.0923. The fourth-order valence-electron chi connectivity index (χ4n) is 6.02. The van der Waals surface area contributed by atoms with Crippen molar-refractivity contribution >= 4 is 17.6 Å². The lowest BCUT2D eigenvalue weighted by Gasteiger charge is -2.40. The van der Waals surface area contributed by atoms with Crippen molar-refractivity contribution in [1.82, 2.24) is 15.6 Å². The number of nitrogens with zero attached hydrogens (tertiary/aromatic N) is 2. The minimum absolute atomic E-state index is 0.0570. The largest absolute Gasteiger partial charge is 0.496 e. The number of hydrogen-bond acceptors (Lipinski definition) is 7. The molecule has 2 amide bonds. The zero-order valence-electron chi connectivity index (χ0n) is 22.1. The number of carbonyl (C=O) groups excluding carboxylic acids is 2. The zero-order valence-corrected chi connectivity index (χ0v) is 22.1. The minimum atomic E-state index is -0.177. The van der Waals surface area contributed by atoms with Crippen molar-refractivity contribution in [3.8, 4) is 17.2 Å². The standard InChI is InChI=1S/C30H32N4O5/c1-18-24(4-3-5-25(18)37-2)30(36)33-21-13-22-8-9-23(14-21)34(22)28-11-7-20(16-31-28)29(35)32-15-19-6-10-26-27(12-19)39-17-38-26/h3-7,10-12,16,21-23H,8-9,13-15,17H2,1-2H3,(H,32,35)(H,33,36)/t21?,22-,23+. The maximum absolute atomic E-state index is 13.0. The molecule has 4 heterocycles. The second-order valence-electron chi connectivity index (χ2n) is 10.3. The topological polar surface area (TPSA) is 102 Å².